The van der Waals surface area contributed by atoms with Crippen LogP contribution in [0, 0.1) is 12.8 Å². The first-order valence-electron chi connectivity index (χ1n) is 3.57. The van der Waals surface area contributed by atoms with E-state index in [4.69, 9.17) is 4.74 Å². The van der Waals surface area contributed by atoms with E-state index in [0.29, 0.717) is 12.7 Å². The highest BCUT2D eigenvalue weighted by atomic mass is 16.5. The Morgan fingerprint density at radius 3 is 2.22 bits per heavy atom. The summed E-state index contributed by atoms with van der Waals surface area (Å²) in [6.07, 6.45) is 1.51. The predicted octanol–water partition coefficient (Wildman–Crippen LogP) is 2.27. The summed E-state index contributed by atoms with van der Waals surface area (Å²) < 4.78 is 5.24. The third-order valence-electron chi connectivity index (χ3n) is 1.21. The first kappa shape index (κ1) is 8.96. The van der Waals surface area contributed by atoms with E-state index in [0.717, 1.165) is 12.3 Å². The average molecular weight is 129 g/mol. The topological polar surface area (TPSA) is 9.23 Å². The van der Waals surface area contributed by atoms with Crippen LogP contribution in [0.2, 0.25) is 0 Å². The Hall–Kier alpha value is -0.0400. The largest absolute Gasteiger partial charge is 0.378 e. The molecule has 0 N–H and O–H groups in total. The van der Waals surface area contributed by atoms with Gasteiger partial charge in [0.1, 0.15) is 0 Å². The van der Waals surface area contributed by atoms with Crippen LogP contribution in [0.1, 0.15) is 27.2 Å². The maximum atomic E-state index is 5.24. The maximum Gasteiger partial charge on any atom is 0.0549 e. The van der Waals surface area contributed by atoms with Gasteiger partial charge in [-0.15, -0.1) is 0 Å². The molecule has 0 bridgehead atoms. The Kier molecular flexibility index (Phi) is 4.78. The van der Waals surface area contributed by atoms with Crippen LogP contribution in [-0.2, 0) is 4.74 Å². The molecule has 9 heavy (non-hydrogen) atoms. The highest BCUT2D eigenvalue weighted by Crippen LogP contribution is 2.06. The van der Waals surface area contributed by atoms with E-state index in [2.05, 4.69) is 27.7 Å². The molecule has 1 heteroatoms. The van der Waals surface area contributed by atoms with Crippen LogP contribution >= 0.6 is 0 Å². The van der Waals surface area contributed by atoms with Crippen molar-refractivity contribution >= 4 is 0 Å². The second-order valence-corrected chi connectivity index (χ2v) is 2.81. The normalized spacial score (nSPS) is 14.3. The van der Waals surface area contributed by atoms with E-state index in [1.807, 2.05) is 0 Å². The van der Waals surface area contributed by atoms with Crippen molar-refractivity contribution in [3.8, 4) is 0 Å². The Bertz CT molecular complexity index is 59.6. The summed E-state index contributed by atoms with van der Waals surface area (Å²) in [5.74, 6) is 0.728. The van der Waals surface area contributed by atoms with Gasteiger partial charge >= 0.3 is 0 Å². The molecule has 0 fully saturated rings. The van der Waals surface area contributed by atoms with Crippen LogP contribution in [0.5, 0.6) is 0 Å². The van der Waals surface area contributed by atoms with E-state index in [1.165, 1.54) is 0 Å². The lowest BCUT2D eigenvalue weighted by Crippen LogP contribution is -2.10. The van der Waals surface area contributed by atoms with Crippen LogP contribution in [0.3, 0.4) is 0 Å². The molecule has 0 saturated heterocycles. The molecule has 0 aliphatic heterocycles. The summed E-state index contributed by atoms with van der Waals surface area (Å²) in [5, 5.41) is 0. The molecule has 1 radical (unpaired) electrons. The van der Waals surface area contributed by atoms with Crippen molar-refractivity contribution in [3.05, 3.63) is 6.92 Å². The van der Waals surface area contributed by atoms with Gasteiger partial charge in [-0.3, -0.25) is 0 Å². The molecule has 1 nitrogen and oxygen atoms in total. The fourth-order valence-corrected chi connectivity index (χ4v) is 0.933. The molecular weight excluding hydrogens is 112 g/mol. The molecule has 0 aliphatic carbocycles. The lowest BCUT2D eigenvalue weighted by atomic mass is 10.1. The minimum absolute atomic E-state index is 0.377. The van der Waals surface area contributed by atoms with Crippen LogP contribution in [0.15, 0.2) is 0 Å². The molecule has 55 valence electrons. The maximum absolute atomic E-state index is 5.24. The van der Waals surface area contributed by atoms with Gasteiger partial charge in [0.2, 0.25) is 0 Å². The summed E-state index contributed by atoms with van der Waals surface area (Å²) in [7, 11) is 0. The van der Waals surface area contributed by atoms with Gasteiger partial charge in [-0.05, 0) is 26.2 Å². The molecule has 0 heterocycles. The van der Waals surface area contributed by atoms with Crippen LogP contribution < -0.4 is 0 Å². The van der Waals surface area contributed by atoms with E-state index < -0.39 is 0 Å². The quantitative estimate of drug-likeness (QED) is 0.565. The summed E-state index contributed by atoms with van der Waals surface area (Å²) >= 11 is 0. The molecule has 0 amide bonds. The van der Waals surface area contributed by atoms with Crippen molar-refractivity contribution in [2.75, 3.05) is 6.61 Å². The fourth-order valence-electron chi connectivity index (χ4n) is 0.933. The SMILES string of the molecule is [CH2]COC(C)CC(C)C. The first-order chi connectivity index (χ1) is 4.16. The van der Waals surface area contributed by atoms with Gasteiger partial charge in [-0.25, -0.2) is 0 Å². The Morgan fingerprint density at radius 2 is 1.89 bits per heavy atom. The Balaban J connectivity index is 3.15. The third-order valence-corrected chi connectivity index (χ3v) is 1.21. The van der Waals surface area contributed by atoms with Gasteiger partial charge in [-0.2, -0.15) is 0 Å². The summed E-state index contributed by atoms with van der Waals surface area (Å²) in [6, 6.07) is 0. The van der Waals surface area contributed by atoms with Crippen molar-refractivity contribution in [2.24, 2.45) is 5.92 Å². The highest BCUT2D eigenvalue weighted by Gasteiger charge is 2.02. The standard InChI is InChI=1S/C8H17O/c1-5-9-8(4)6-7(2)3/h7-8H,1,5-6H2,2-4H3. The second kappa shape index (κ2) is 4.80. The molecule has 0 aromatic rings. The fraction of sp³-hybridized carbons (Fsp3) is 0.875. The molecule has 0 rings (SSSR count). The highest BCUT2D eigenvalue weighted by molar-refractivity contribution is 4.53. The zero-order valence-electron chi connectivity index (χ0n) is 6.68. The summed E-state index contributed by atoms with van der Waals surface area (Å²) in [6.45, 7) is 10.7. The molecule has 0 aliphatic rings. The third kappa shape index (κ3) is 5.84. The van der Waals surface area contributed by atoms with Gasteiger partial charge < -0.3 is 4.74 Å². The number of ether oxygens (including phenoxy) is 1. The van der Waals surface area contributed by atoms with Crippen LogP contribution in [0.4, 0.5) is 0 Å². The predicted molar refractivity (Wildman–Crippen MR) is 40.2 cm³/mol. The molecule has 0 aromatic heterocycles. The number of hydrogen-bond donors (Lipinski definition) is 0. The minimum Gasteiger partial charge on any atom is -0.378 e. The van der Waals surface area contributed by atoms with Crippen molar-refractivity contribution in [2.45, 2.75) is 33.3 Å². The van der Waals surface area contributed by atoms with E-state index in [1.54, 1.807) is 0 Å². The molecular formula is C8H17O. The van der Waals surface area contributed by atoms with E-state index in [-0.39, 0.29) is 0 Å². The van der Waals surface area contributed by atoms with Gasteiger partial charge in [-0.1, -0.05) is 13.8 Å². The smallest absolute Gasteiger partial charge is 0.0549 e. The lowest BCUT2D eigenvalue weighted by molar-refractivity contribution is 0.0714. The molecule has 1 atom stereocenters. The lowest BCUT2D eigenvalue weighted by Gasteiger charge is -2.12. The average Bonchev–Trinajstić information content (AvgIpc) is 1.63. The van der Waals surface area contributed by atoms with Gasteiger partial charge in [0.25, 0.3) is 0 Å². The Morgan fingerprint density at radius 1 is 1.33 bits per heavy atom. The second-order valence-electron chi connectivity index (χ2n) is 2.81. The summed E-state index contributed by atoms with van der Waals surface area (Å²) in [4.78, 5) is 0. The van der Waals surface area contributed by atoms with E-state index >= 15 is 0 Å². The van der Waals surface area contributed by atoms with Gasteiger partial charge in [0.15, 0.2) is 0 Å². The van der Waals surface area contributed by atoms with Crippen molar-refractivity contribution in [1.29, 1.82) is 0 Å². The zero-order chi connectivity index (χ0) is 7.28. The van der Waals surface area contributed by atoms with Crippen LogP contribution in [-0.4, -0.2) is 12.7 Å². The molecule has 0 spiro atoms. The van der Waals surface area contributed by atoms with Crippen molar-refractivity contribution < 1.29 is 4.74 Å². The van der Waals surface area contributed by atoms with Crippen LogP contribution in [0.25, 0.3) is 0 Å². The molecule has 1 unspecified atom stereocenters. The monoisotopic (exact) mass is 129 g/mol. The first-order valence-corrected chi connectivity index (χ1v) is 3.57. The molecule has 0 aromatic carbocycles. The Labute approximate surface area is 58.4 Å². The zero-order valence-corrected chi connectivity index (χ0v) is 6.68. The number of hydrogen-bond acceptors (Lipinski definition) is 1. The molecule has 0 saturated carbocycles. The van der Waals surface area contributed by atoms with Crippen molar-refractivity contribution in [1.82, 2.24) is 0 Å². The van der Waals surface area contributed by atoms with E-state index in [9.17, 15) is 0 Å². The van der Waals surface area contributed by atoms with Gasteiger partial charge in [0.05, 0.1) is 6.10 Å². The van der Waals surface area contributed by atoms with Gasteiger partial charge in [0, 0.05) is 6.61 Å². The number of rotatable bonds is 4. The summed E-state index contributed by atoms with van der Waals surface area (Å²) in [5.41, 5.74) is 0. The minimum atomic E-state index is 0.377. The van der Waals surface area contributed by atoms with Crippen molar-refractivity contribution in [3.63, 3.8) is 0 Å².